The Hall–Kier alpha value is -1.31. The monoisotopic (exact) mass is 132 g/mol. The van der Waals surface area contributed by atoms with Gasteiger partial charge in [-0.15, -0.1) is 0 Å². The molecule has 1 N–H and O–H groups in total. The highest BCUT2D eigenvalue weighted by Crippen LogP contribution is 2.20. The van der Waals surface area contributed by atoms with Crippen LogP contribution < -0.4 is 0 Å². The molecule has 0 unspecified atom stereocenters. The van der Waals surface area contributed by atoms with Crippen LogP contribution >= 0.6 is 0 Å². The summed E-state index contributed by atoms with van der Waals surface area (Å²) >= 11 is 0. The van der Waals surface area contributed by atoms with E-state index >= 15 is 0 Å². The van der Waals surface area contributed by atoms with Gasteiger partial charge in [-0.3, -0.25) is 5.41 Å². The maximum atomic E-state index is 7.46. The Morgan fingerprint density at radius 2 is 2.30 bits per heavy atom. The third-order valence-corrected chi connectivity index (χ3v) is 1.69. The van der Waals surface area contributed by atoms with Gasteiger partial charge in [0, 0.05) is 18.3 Å². The highest BCUT2D eigenvalue weighted by Gasteiger charge is 2.16. The first kappa shape index (κ1) is 5.47. The van der Waals surface area contributed by atoms with Gasteiger partial charge in [0.2, 0.25) is 0 Å². The fraction of sp³-hybridized carbons (Fsp3) is 0.125. The average Bonchev–Trinajstić information content (AvgIpc) is 2.34. The van der Waals surface area contributed by atoms with E-state index in [1.54, 1.807) is 0 Å². The molecule has 2 aliphatic heterocycles. The quantitative estimate of drug-likeness (QED) is 0.533. The second-order valence-corrected chi connectivity index (χ2v) is 2.35. The maximum Gasteiger partial charge on any atom is 0.108 e. The number of allylic oxidation sites excluding steroid dienone is 3. The molecule has 2 heteroatoms. The molecule has 0 atom stereocenters. The van der Waals surface area contributed by atoms with Gasteiger partial charge in [0.05, 0.1) is 0 Å². The van der Waals surface area contributed by atoms with Gasteiger partial charge in [0.15, 0.2) is 0 Å². The normalized spacial score (nSPS) is 21.4. The lowest BCUT2D eigenvalue weighted by atomic mass is 10.3. The van der Waals surface area contributed by atoms with Gasteiger partial charge < -0.3 is 4.90 Å². The topological polar surface area (TPSA) is 27.1 Å². The number of rotatable bonds is 0. The van der Waals surface area contributed by atoms with Crippen LogP contribution in [0.4, 0.5) is 0 Å². The van der Waals surface area contributed by atoms with E-state index in [0.717, 1.165) is 12.1 Å². The third-order valence-electron chi connectivity index (χ3n) is 1.69. The first-order valence-corrected chi connectivity index (χ1v) is 3.29. The molecule has 0 bridgehead atoms. The molecule has 0 aromatic rings. The summed E-state index contributed by atoms with van der Waals surface area (Å²) in [6, 6.07) is 0. The van der Waals surface area contributed by atoms with E-state index < -0.39 is 0 Å². The van der Waals surface area contributed by atoms with E-state index in [-0.39, 0.29) is 0 Å². The van der Waals surface area contributed by atoms with Crippen LogP contribution in [0.5, 0.6) is 0 Å². The average molecular weight is 132 g/mol. The summed E-state index contributed by atoms with van der Waals surface area (Å²) in [5, 5.41) is 7.46. The maximum absolute atomic E-state index is 7.46. The summed E-state index contributed by atoms with van der Waals surface area (Å²) in [6.45, 7) is 0. The van der Waals surface area contributed by atoms with Gasteiger partial charge >= 0.3 is 0 Å². The summed E-state index contributed by atoms with van der Waals surface area (Å²) in [7, 11) is 0. The van der Waals surface area contributed by atoms with Crippen molar-refractivity contribution in [1.29, 1.82) is 5.41 Å². The molecule has 2 aliphatic rings. The van der Waals surface area contributed by atoms with Crippen molar-refractivity contribution in [3.05, 3.63) is 36.2 Å². The van der Waals surface area contributed by atoms with E-state index in [1.807, 2.05) is 29.3 Å². The first-order valence-electron chi connectivity index (χ1n) is 3.29. The Bertz CT molecular complexity index is 258. The van der Waals surface area contributed by atoms with Crippen molar-refractivity contribution >= 4 is 5.84 Å². The molecular formula is C8H8N2. The summed E-state index contributed by atoms with van der Waals surface area (Å²) < 4.78 is 0. The molecule has 0 spiro atoms. The molecule has 0 aromatic carbocycles. The number of hydrogen-bond donors (Lipinski definition) is 1. The molecular weight excluding hydrogens is 124 g/mol. The van der Waals surface area contributed by atoms with Gasteiger partial charge in [-0.05, 0) is 12.2 Å². The molecule has 0 saturated heterocycles. The van der Waals surface area contributed by atoms with Crippen LogP contribution in [0.3, 0.4) is 0 Å². The van der Waals surface area contributed by atoms with Crippen molar-refractivity contribution in [3.63, 3.8) is 0 Å². The van der Waals surface area contributed by atoms with Crippen LogP contribution in [0, 0.1) is 5.41 Å². The predicted octanol–water partition coefficient (Wildman–Crippen LogP) is 1.64. The third kappa shape index (κ3) is 0.620. The minimum Gasteiger partial charge on any atom is -0.306 e. The second kappa shape index (κ2) is 1.84. The lowest BCUT2D eigenvalue weighted by molar-refractivity contribution is 0.715. The first-order chi connectivity index (χ1) is 4.88. The van der Waals surface area contributed by atoms with Gasteiger partial charge in [0.25, 0.3) is 0 Å². The number of nitrogens with one attached hydrogen (secondary N) is 1. The number of nitrogens with zero attached hydrogens (tertiary/aromatic N) is 1. The summed E-state index contributed by atoms with van der Waals surface area (Å²) in [4.78, 5) is 1.89. The molecule has 2 heterocycles. The van der Waals surface area contributed by atoms with E-state index in [4.69, 9.17) is 5.41 Å². The van der Waals surface area contributed by atoms with Crippen molar-refractivity contribution in [2.75, 3.05) is 0 Å². The standard InChI is InChI=1S/C8H8N2/c9-8-5-4-7-3-1-2-6-10(7)8/h1-4,6,9H,5H2. The second-order valence-electron chi connectivity index (χ2n) is 2.35. The minimum atomic E-state index is 0.663. The lowest BCUT2D eigenvalue weighted by Crippen LogP contribution is -2.18. The Kier molecular flexibility index (Phi) is 1.01. The number of hydrogen-bond acceptors (Lipinski definition) is 1. The molecule has 0 aliphatic carbocycles. The Morgan fingerprint density at radius 1 is 1.40 bits per heavy atom. The van der Waals surface area contributed by atoms with E-state index in [2.05, 4.69) is 6.08 Å². The van der Waals surface area contributed by atoms with Crippen LogP contribution in [0.1, 0.15) is 6.42 Å². The summed E-state index contributed by atoms with van der Waals surface area (Å²) in [6.07, 6.45) is 10.7. The largest absolute Gasteiger partial charge is 0.306 e. The predicted molar refractivity (Wildman–Crippen MR) is 40.5 cm³/mol. The highest BCUT2D eigenvalue weighted by atomic mass is 15.2. The molecule has 0 aromatic heterocycles. The highest BCUT2D eigenvalue weighted by molar-refractivity contribution is 5.87. The van der Waals surface area contributed by atoms with Crippen molar-refractivity contribution < 1.29 is 0 Å². The van der Waals surface area contributed by atoms with Crippen molar-refractivity contribution in [1.82, 2.24) is 4.90 Å². The van der Waals surface area contributed by atoms with E-state index in [9.17, 15) is 0 Å². The molecule has 10 heavy (non-hydrogen) atoms. The molecule has 50 valence electrons. The van der Waals surface area contributed by atoms with Gasteiger partial charge in [-0.2, -0.15) is 0 Å². The fourth-order valence-electron chi connectivity index (χ4n) is 1.17. The molecule has 0 fully saturated rings. The zero-order valence-corrected chi connectivity index (χ0v) is 5.54. The number of amidine groups is 1. The van der Waals surface area contributed by atoms with Gasteiger partial charge in [-0.1, -0.05) is 12.2 Å². The van der Waals surface area contributed by atoms with Crippen molar-refractivity contribution in [3.8, 4) is 0 Å². The Balaban J connectivity index is 2.39. The lowest BCUT2D eigenvalue weighted by Gasteiger charge is -2.16. The van der Waals surface area contributed by atoms with Gasteiger partial charge in [-0.25, -0.2) is 0 Å². The van der Waals surface area contributed by atoms with E-state index in [0.29, 0.717) is 5.84 Å². The minimum absolute atomic E-state index is 0.663. The molecule has 0 saturated carbocycles. The Morgan fingerprint density at radius 3 is 3.10 bits per heavy atom. The van der Waals surface area contributed by atoms with Gasteiger partial charge in [0.1, 0.15) is 5.84 Å². The van der Waals surface area contributed by atoms with Crippen LogP contribution in [-0.4, -0.2) is 10.7 Å². The van der Waals surface area contributed by atoms with Crippen molar-refractivity contribution in [2.24, 2.45) is 0 Å². The number of fused-ring (bicyclic) bond motifs is 1. The molecule has 2 nitrogen and oxygen atoms in total. The van der Waals surface area contributed by atoms with Crippen LogP contribution in [0.15, 0.2) is 36.2 Å². The van der Waals surface area contributed by atoms with E-state index in [1.165, 1.54) is 0 Å². The van der Waals surface area contributed by atoms with Crippen LogP contribution in [-0.2, 0) is 0 Å². The smallest absolute Gasteiger partial charge is 0.108 e. The molecule has 2 rings (SSSR count). The SMILES string of the molecule is N=C1CC=C2C=CC=CN12. The zero-order valence-electron chi connectivity index (χ0n) is 5.54. The molecule has 0 radical (unpaired) electrons. The zero-order chi connectivity index (χ0) is 6.97. The van der Waals surface area contributed by atoms with Crippen molar-refractivity contribution in [2.45, 2.75) is 6.42 Å². The van der Waals surface area contributed by atoms with Crippen LogP contribution in [0.2, 0.25) is 0 Å². The Labute approximate surface area is 59.7 Å². The summed E-state index contributed by atoms with van der Waals surface area (Å²) in [5.74, 6) is 0.663. The fourth-order valence-corrected chi connectivity index (χ4v) is 1.17. The van der Waals surface area contributed by atoms with Crippen LogP contribution in [0.25, 0.3) is 0 Å². The summed E-state index contributed by atoms with van der Waals surface area (Å²) in [5.41, 5.74) is 1.13. The molecule has 0 amide bonds.